The largest absolute Gasteiger partial charge is 0.425 e. The van der Waals surface area contributed by atoms with Gasteiger partial charge in [-0.2, -0.15) is 5.10 Å². The Balaban J connectivity index is 1.84. The van der Waals surface area contributed by atoms with Gasteiger partial charge < -0.3 is 4.74 Å². The van der Waals surface area contributed by atoms with Crippen molar-refractivity contribution in [1.82, 2.24) is 28.9 Å². The molecule has 0 saturated heterocycles. The van der Waals surface area contributed by atoms with Crippen molar-refractivity contribution in [3.63, 3.8) is 0 Å². The van der Waals surface area contributed by atoms with Gasteiger partial charge >= 0.3 is 17.4 Å². The molecule has 0 atom stereocenters. The summed E-state index contributed by atoms with van der Waals surface area (Å²) in [6.45, 7) is 0.921. The van der Waals surface area contributed by atoms with E-state index in [-0.39, 0.29) is 23.7 Å². The van der Waals surface area contributed by atoms with Gasteiger partial charge in [-0.05, 0) is 30.7 Å². The van der Waals surface area contributed by atoms with Gasteiger partial charge in [0.2, 0.25) is 0 Å². The molecule has 0 aliphatic heterocycles. The third-order valence-electron chi connectivity index (χ3n) is 4.68. The van der Waals surface area contributed by atoms with Crippen molar-refractivity contribution in [2.24, 2.45) is 7.05 Å². The molecule has 4 rings (SSSR count). The maximum atomic E-state index is 14.3. The molecule has 0 unspecified atom stereocenters. The van der Waals surface area contributed by atoms with Gasteiger partial charge in [-0.3, -0.25) is 4.68 Å². The number of hydrogen-bond acceptors (Lipinski definition) is 6. The number of halogens is 3. The number of benzene rings is 2. The lowest BCUT2D eigenvalue weighted by Crippen LogP contribution is -2.42. The molecule has 0 aliphatic carbocycles. The van der Waals surface area contributed by atoms with Crippen LogP contribution in [0.2, 0.25) is 0 Å². The molecule has 170 valence electrons. The van der Waals surface area contributed by atoms with Crippen LogP contribution >= 0.6 is 0 Å². The first-order valence-corrected chi connectivity index (χ1v) is 9.65. The highest BCUT2D eigenvalue weighted by Crippen LogP contribution is 2.21. The lowest BCUT2D eigenvalue weighted by Gasteiger charge is -2.15. The van der Waals surface area contributed by atoms with Crippen molar-refractivity contribution in [3.05, 3.63) is 98.1 Å². The van der Waals surface area contributed by atoms with Crippen LogP contribution in [0, 0.1) is 24.4 Å². The lowest BCUT2D eigenvalue weighted by molar-refractivity contribution is 0.380. The van der Waals surface area contributed by atoms with E-state index >= 15 is 0 Å². The molecule has 0 radical (unpaired) electrons. The Morgan fingerprint density at radius 3 is 2.42 bits per heavy atom. The molecule has 0 spiro atoms. The van der Waals surface area contributed by atoms with E-state index in [0.717, 1.165) is 14.7 Å². The topological polar surface area (TPSA) is 96.8 Å². The molecule has 9 nitrogen and oxygen atoms in total. The van der Waals surface area contributed by atoms with E-state index < -0.39 is 41.4 Å². The zero-order valence-electron chi connectivity index (χ0n) is 17.5. The van der Waals surface area contributed by atoms with Crippen molar-refractivity contribution in [3.8, 4) is 11.8 Å². The Morgan fingerprint density at radius 2 is 1.73 bits per heavy atom. The summed E-state index contributed by atoms with van der Waals surface area (Å²) in [6, 6.07) is 7.27. The first-order valence-electron chi connectivity index (χ1n) is 9.65. The summed E-state index contributed by atoms with van der Waals surface area (Å²) in [7, 11) is 1.61. The van der Waals surface area contributed by atoms with Crippen LogP contribution in [-0.4, -0.2) is 28.9 Å². The van der Waals surface area contributed by atoms with E-state index in [0.29, 0.717) is 12.1 Å². The summed E-state index contributed by atoms with van der Waals surface area (Å²) in [5, 5.41) is 4.02. The average Bonchev–Trinajstić information content (AvgIpc) is 3.16. The number of aryl methyl sites for hydroxylation is 2. The smallest absolute Gasteiger partial charge is 0.356 e. The van der Waals surface area contributed by atoms with Crippen LogP contribution < -0.4 is 16.1 Å². The second-order valence-electron chi connectivity index (χ2n) is 7.24. The maximum Gasteiger partial charge on any atom is 0.356 e. The maximum absolute atomic E-state index is 14.3. The third-order valence-corrected chi connectivity index (χ3v) is 4.68. The van der Waals surface area contributed by atoms with Gasteiger partial charge in [0.25, 0.3) is 0 Å². The first kappa shape index (κ1) is 22.0. The highest BCUT2D eigenvalue weighted by Gasteiger charge is 2.19. The standard InChI is InChI=1S/C21H17F3N6O3/c1-12-4-3-5-14(6-12)33-20-26-19(31)29(10-18-25-11-28(2)27-18)21(32)30(20)9-13-7-16(23)17(24)8-15(13)22/h3-8,11H,9-10H2,1-2H3. The Morgan fingerprint density at radius 1 is 0.970 bits per heavy atom. The van der Waals surface area contributed by atoms with Crippen LogP contribution in [0.3, 0.4) is 0 Å². The fourth-order valence-corrected chi connectivity index (χ4v) is 3.10. The minimum Gasteiger partial charge on any atom is -0.425 e. The van der Waals surface area contributed by atoms with E-state index in [2.05, 4.69) is 15.1 Å². The number of rotatable bonds is 6. The average molecular weight is 458 g/mol. The molecular weight excluding hydrogens is 441 g/mol. The summed E-state index contributed by atoms with van der Waals surface area (Å²) < 4.78 is 50.0. The Kier molecular flexibility index (Phi) is 5.82. The van der Waals surface area contributed by atoms with Crippen LogP contribution in [-0.2, 0) is 20.1 Å². The first-order chi connectivity index (χ1) is 15.7. The van der Waals surface area contributed by atoms with Crippen LogP contribution in [0.5, 0.6) is 11.8 Å². The van der Waals surface area contributed by atoms with E-state index in [1.807, 2.05) is 13.0 Å². The molecule has 33 heavy (non-hydrogen) atoms. The molecule has 4 aromatic rings. The molecule has 0 N–H and O–H groups in total. The zero-order valence-corrected chi connectivity index (χ0v) is 17.5. The van der Waals surface area contributed by atoms with Gasteiger partial charge in [0.1, 0.15) is 17.9 Å². The van der Waals surface area contributed by atoms with Gasteiger partial charge in [0, 0.05) is 18.7 Å². The molecule has 2 aromatic heterocycles. The van der Waals surface area contributed by atoms with Gasteiger partial charge in [-0.1, -0.05) is 12.1 Å². The number of nitrogens with zero attached hydrogens (tertiary/aromatic N) is 6. The number of ether oxygens (including phenoxy) is 1. The molecule has 0 saturated carbocycles. The fraction of sp³-hybridized carbons (Fsp3) is 0.190. The number of aromatic nitrogens is 6. The lowest BCUT2D eigenvalue weighted by atomic mass is 10.2. The third kappa shape index (κ3) is 4.68. The predicted octanol–water partition coefficient (Wildman–Crippen LogP) is 2.15. The van der Waals surface area contributed by atoms with Crippen molar-refractivity contribution in [1.29, 1.82) is 0 Å². The molecule has 2 aromatic carbocycles. The minimum atomic E-state index is -1.37. The van der Waals surface area contributed by atoms with Gasteiger partial charge in [0.05, 0.1) is 13.1 Å². The summed E-state index contributed by atoms with van der Waals surface area (Å²) >= 11 is 0. The molecular formula is C21H17F3N6O3. The van der Waals surface area contributed by atoms with Gasteiger partial charge in [-0.25, -0.2) is 36.9 Å². The molecule has 0 aliphatic rings. The second-order valence-corrected chi connectivity index (χ2v) is 7.24. The quantitative estimate of drug-likeness (QED) is 0.411. The summed E-state index contributed by atoms with van der Waals surface area (Å²) in [5.74, 6) is -3.31. The van der Waals surface area contributed by atoms with Gasteiger partial charge in [0.15, 0.2) is 17.5 Å². The van der Waals surface area contributed by atoms with E-state index in [9.17, 15) is 22.8 Å². The monoisotopic (exact) mass is 458 g/mol. The van der Waals surface area contributed by atoms with Crippen molar-refractivity contribution in [2.45, 2.75) is 20.0 Å². The SMILES string of the molecule is Cc1cccc(Oc2nc(=O)n(Cc3ncn(C)n3)c(=O)n2Cc2cc(F)c(F)cc2F)c1. The fourth-order valence-electron chi connectivity index (χ4n) is 3.10. The Labute approximate surface area is 184 Å². The molecule has 2 heterocycles. The van der Waals surface area contributed by atoms with E-state index in [4.69, 9.17) is 4.74 Å². The number of hydrogen-bond donors (Lipinski definition) is 0. The summed E-state index contributed by atoms with van der Waals surface area (Å²) in [6.07, 6.45) is 1.39. The summed E-state index contributed by atoms with van der Waals surface area (Å²) in [5.41, 5.74) is -1.37. The highest BCUT2D eigenvalue weighted by atomic mass is 19.2. The van der Waals surface area contributed by atoms with Crippen molar-refractivity contribution < 1.29 is 17.9 Å². The van der Waals surface area contributed by atoms with E-state index in [1.165, 1.54) is 11.0 Å². The van der Waals surface area contributed by atoms with Crippen molar-refractivity contribution in [2.75, 3.05) is 0 Å². The molecule has 0 bridgehead atoms. The molecule has 0 amide bonds. The Bertz CT molecular complexity index is 1460. The zero-order chi connectivity index (χ0) is 23.7. The Hall–Kier alpha value is -4.22. The van der Waals surface area contributed by atoms with E-state index in [1.54, 1.807) is 25.2 Å². The minimum absolute atomic E-state index is 0.163. The van der Waals surface area contributed by atoms with Crippen LogP contribution in [0.25, 0.3) is 0 Å². The normalized spacial score (nSPS) is 11.1. The summed E-state index contributed by atoms with van der Waals surface area (Å²) in [4.78, 5) is 33.6. The highest BCUT2D eigenvalue weighted by molar-refractivity contribution is 5.30. The van der Waals surface area contributed by atoms with Crippen molar-refractivity contribution >= 4 is 0 Å². The van der Waals surface area contributed by atoms with Gasteiger partial charge in [-0.15, -0.1) is 4.98 Å². The second kappa shape index (κ2) is 8.73. The molecule has 0 fully saturated rings. The van der Waals surface area contributed by atoms with Crippen LogP contribution in [0.15, 0.2) is 52.3 Å². The van der Waals surface area contributed by atoms with Crippen LogP contribution in [0.4, 0.5) is 13.2 Å². The molecule has 12 heteroatoms. The van der Waals surface area contributed by atoms with Crippen LogP contribution in [0.1, 0.15) is 17.0 Å². The predicted molar refractivity (Wildman–Crippen MR) is 110 cm³/mol.